The van der Waals surface area contributed by atoms with Crippen molar-refractivity contribution in [2.45, 2.75) is 25.4 Å². The van der Waals surface area contributed by atoms with Crippen LogP contribution >= 0.6 is 11.3 Å². The SMILES string of the molecule is CC1(OC(=O)N2C[C@@H]3C(CCNC(=O)c4cc5c(s4)C=C=CC=C5)[C@@H]3C2)[CH]C#CC1.[HH]. The summed E-state index contributed by atoms with van der Waals surface area (Å²) < 4.78 is 5.63. The van der Waals surface area contributed by atoms with Gasteiger partial charge in [0.1, 0.15) is 5.60 Å². The first-order chi connectivity index (χ1) is 14.5. The number of carbonyl (C=O) groups is 2. The molecule has 5 rings (SSSR count). The second kappa shape index (κ2) is 7.50. The molecule has 2 amide bonds. The Morgan fingerprint density at radius 2 is 2.23 bits per heavy atom. The molecule has 4 aliphatic rings. The molecule has 3 aliphatic carbocycles. The maximum Gasteiger partial charge on any atom is 0.410 e. The van der Waals surface area contributed by atoms with E-state index in [9.17, 15) is 9.59 Å². The van der Waals surface area contributed by atoms with Gasteiger partial charge in [-0.3, -0.25) is 4.79 Å². The Morgan fingerprint density at radius 3 is 3.00 bits per heavy atom. The molecule has 2 fully saturated rings. The maximum atomic E-state index is 12.5. The van der Waals surface area contributed by atoms with Crippen LogP contribution in [0.4, 0.5) is 4.79 Å². The van der Waals surface area contributed by atoms with Crippen molar-refractivity contribution in [2.24, 2.45) is 17.8 Å². The average molecular weight is 422 g/mol. The van der Waals surface area contributed by atoms with Crippen molar-refractivity contribution < 1.29 is 15.8 Å². The largest absolute Gasteiger partial charge is 0.441 e. The Labute approximate surface area is 182 Å². The molecule has 30 heavy (non-hydrogen) atoms. The monoisotopic (exact) mass is 421 g/mol. The lowest BCUT2D eigenvalue weighted by Gasteiger charge is -2.27. The van der Waals surface area contributed by atoms with Gasteiger partial charge in [0.15, 0.2) is 0 Å². The minimum atomic E-state index is -0.602. The molecule has 6 heteroatoms. The van der Waals surface area contributed by atoms with Gasteiger partial charge in [0.25, 0.3) is 5.91 Å². The molecule has 0 bridgehead atoms. The van der Waals surface area contributed by atoms with Crippen molar-refractivity contribution in [3.8, 4) is 11.8 Å². The number of thiophene rings is 1. The van der Waals surface area contributed by atoms with Crippen LogP contribution in [-0.4, -0.2) is 42.1 Å². The van der Waals surface area contributed by atoms with Gasteiger partial charge in [-0.05, 0) is 54.9 Å². The Kier molecular flexibility index (Phi) is 4.81. The predicted octanol–water partition coefficient (Wildman–Crippen LogP) is 3.99. The van der Waals surface area contributed by atoms with Crippen LogP contribution in [0.3, 0.4) is 0 Å². The summed E-state index contributed by atoms with van der Waals surface area (Å²) in [5.41, 5.74) is 3.53. The van der Waals surface area contributed by atoms with Gasteiger partial charge >= 0.3 is 6.09 Å². The molecule has 1 saturated heterocycles. The van der Waals surface area contributed by atoms with Crippen LogP contribution < -0.4 is 5.32 Å². The number of rotatable bonds is 5. The van der Waals surface area contributed by atoms with Crippen LogP contribution in [0.15, 0.2) is 23.9 Å². The van der Waals surface area contributed by atoms with E-state index in [-0.39, 0.29) is 13.4 Å². The molecular weight excluding hydrogens is 396 g/mol. The highest BCUT2D eigenvalue weighted by Crippen LogP contribution is 2.53. The number of carbonyl (C=O) groups excluding carboxylic acids is 2. The first-order valence-corrected chi connectivity index (χ1v) is 11.2. The standard InChI is InChI=1S/C24H23N2O3S.H2/c1-24(10-5-6-11-24)29-23(28)26-14-18-17(19(18)15-26)9-12-25-22(27)21-13-16-7-3-2-4-8-20(16)30-21;/h2-3,7-8,10,13,17-19H,9,11-12,14-15H2,1H3,(H,25,27);1H/t17?,18-,19+,24?;. The summed E-state index contributed by atoms with van der Waals surface area (Å²) in [5, 5.41) is 3.05. The second-order valence-corrected chi connectivity index (χ2v) is 9.61. The van der Waals surface area contributed by atoms with Crippen molar-refractivity contribution >= 4 is 35.5 Å². The smallest absolute Gasteiger partial charge is 0.410 e. The Morgan fingerprint density at radius 1 is 1.40 bits per heavy atom. The molecule has 0 aromatic carbocycles. The van der Waals surface area contributed by atoms with Crippen molar-refractivity contribution in [1.29, 1.82) is 0 Å². The summed E-state index contributed by atoms with van der Waals surface area (Å²) in [6.07, 6.45) is 10.8. The summed E-state index contributed by atoms with van der Waals surface area (Å²) in [6.45, 7) is 4.06. The van der Waals surface area contributed by atoms with E-state index in [2.05, 4.69) is 22.9 Å². The Hall–Kier alpha value is -2.74. The van der Waals surface area contributed by atoms with Crippen molar-refractivity contribution in [2.75, 3.05) is 19.6 Å². The lowest BCUT2D eigenvalue weighted by Crippen LogP contribution is -2.39. The molecule has 4 atom stereocenters. The second-order valence-electron chi connectivity index (χ2n) is 8.53. The number of ether oxygens (including phenoxy) is 1. The number of amides is 2. The highest BCUT2D eigenvalue weighted by atomic mass is 32.1. The zero-order chi connectivity index (χ0) is 20.7. The fraction of sp³-hybridized carbons (Fsp3) is 0.417. The number of nitrogens with one attached hydrogen (secondary N) is 1. The molecule has 5 nitrogen and oxygen atoms in total. The Bertz CT molecular complexity index is 1030. The third-order valence-corrected chi connectivity index (χ3v) is 7.43. The Balaban J connectivity index is 0.00000231. The predicted molar refractivity (Wildman–Crippen MR) is 119 cm³/mol. The van der Waals surface area contributed by atoms with Gasteiger partial charge in [0, 0.05) is 25.9 Å². The lowest BCUT2D eigenvalue weighted by molar-refractivity contribution is 0.0311. The van der Waals surface area contributed by atoms with E-state index in [4.69, 9.17) is 4.74 Å². The van der Waals surface area contributed by atoms with Crippen molar-refractivity contribution in [3.63, 3.8) is 0 Å². The molecule has 1 aliphatic heterocycles. The van der Waals surface area contributed by atoms with E-state index in [1.807, 2.05) is 42.2 Å². The quantitative estimate of drug-likeness (QED) is 0.578. The lowest BCUT2D eigenvalue weighted by atomic mass is 10.0. The average Bonchev–Trinajstić information content (AvgIpc) is 3.10. The van der Waals surface area contributed by atoms with Crippen LogP contribution in [0.2, 0.25) is 0 Å². The first kappa shape index (κ1) is 19.2. The molecule has 1 N–H and O–H groups in total. The van der Waals surface area contributed by atoms with E-state index in [1.54, 1.807) is 6.42 Å². The van der Waals surface area contributed by atoms with Crippen LogP contribution in [-0.2, 0) is 4.74 Å². The molecule has 1 aromatic rings. The molecule has 1 saturated carbocycles. The third kappa shape index (κ3) is 3.71. The minimum absolute atomic E-state index is 0. The summed E-state index contributed by atoms with van der Waals surface area (Å²) in [5.74, 6) is 7.47. The molecule has 1 aromatic heterocycles. The highest BCUT2D eigenvalue weighted by molar-refractivity contribution is 7.15. The minimum Gasteiger partial charge on any atom is -0.441 e. The number of hydrogen-bond donors (Lipinski definition) is 1. The van der Waals surface area contributed by atoms with Crippen molar-refractivity contribution in [3.05, 3.63) is 45.7 Å². The number of allylic oxidation sites excluding steroid dienone is 2. The first-order valence-electron chi connectivity index (χ1n) is 10.3. The maximum absolute atomic E-state index is 12.5. The summed E-state index contributed by atoms with van der Waals surface area (Å²) >= 11 is 1.49. The van der Waals surface area contributed by atoms with E-state index in [0.29, 0.717) is 30.7 Å². The molecule has 155 valence electrons. The zero-order valence-electron chi connectivity index (χ0n) is 16.8. The van der Waals surface area contributed by atoms with Crippen molar-refractivity contribution in [1.82, 2.24) is 10.2 Å². The number of fused-ring (bicyclic) bond motifs is 2. The number of likely N-dealkylation sites (tertiary alicyclic amines) is 1. The van der Waals surface area contributed by atoms with E-state index >= 15 is 0 Å². The van der Waals surface area contributed by atoms with Crippen LogP contribution in [0.25, 0.3) is 12.2 Å². The molecule has 0 spiro atoms. The molecule has 2 unspecified atom stereocenters. The molecule has 2 heterocycles. The molecular formula is C24H25N2O3S. The van der Waals surface area contributed by atoms with Gasteiger partial charge in [0.2, 0.25) is 0 Å². The summed E-state index contributed by atoms with van der Waals surface area (Å²) in [4.78, 5) is 28.5. The highest BCUT2D eigenvalue weighted by Gasteiger charge is 2.56. The van der Waals surface area contributed by atoms with Gasteiger partial charge in [-0.25, -0.2) is 4.79 Å². The number of nitrogens with zero attached hydrogens (tertiary/aromatic N) is 1. The van der Waals surface area contributed by atoms with E-state index in [0.717, 1.165) is 34.8 Å². The zero-order valence-corrected chi connectivity index (χ0v) is 17.6. The van der Waals surface area contributed by atoms with E-state index in [1.165, 1.54) is 11.3 Å². The summed E-state index contributed by atoms with van der Waals surface area (Å²) in [7, 11) is 0. The third-order valence-electron chi connectivity index (χ3n) is 6.33. The van der Waals surface area contributed by atoms with Gasteiger partial charge in [-0.1, -0.05) is 24.0 Å². The van der Waals surface area contributed by atoms with Gasteiger partial charge in [-0.15, -0.1) is 17.1 Å². The van der Waals surface area contributed by atoms with Gasteiger partial charge in [-0.2, -0.15) is 0 Å². The number of hydrogen-bond acceptors (Lipinski definition) is 4. The van der Waals surface area contributed by atoms with Crippen LogP contribution in [0, 0.1) is 36.0 Å². The fourth-order valence-electron chi connectivity index (χ4n) is 4.58. The van der Waals surface area contributed by atoms with Crippen LogP contribution in [0.1, 0.15) is 41.3 Å². The summed E-state index contributed by atoms with van der Waals surface area (Å²) in [6, 6.07) is 1.94. The molecule has 1 radical (unpaired) electrons. The van der Waals surface area contributed by atoms with Gasteiger partial charge < -0.3 is 15.0 Å². The topological polar surface area (TPSA) is 58.6 Å². The fourth-order valence-corrected chi connectivity index (χ4v) is 5.54. The normalized spacial score (nSPS) is 26.4. The van der Waals surface area contributed by atoms with E-state index < -0.39 is 5.60 Å². The number of piperidine rings is 1. The van der Waals surface area contributed by atoms with Gasteiger partial charge in [0.05, 0.1) is 17.7 Å². The van der Waals surface area contributed by atoms with Crippen LogP contribution in [0.5, 0.6) is 0 Å².